The van der Waals surface area contributed by atoms with E-state index in [-0.39, 0.29) is 5.41 Å². The van der Waals surface area contributed by atoms with Gasteiger partial charge in [-0.1, -0.05) is 30.5 Å². The summed E-state index contributed by atoms with van der Waals surface area (Å²) >= 11 is 6.42. The smallest absolute Gasteiger partial charge is 0.117 e. The maximum atomic E-state index is 6.42. The first-order valence-electron chi connectivity index (χ1n) is 7.46. The van der Waals surface area contributed by atoms with Gasteiger partial charge >= 0.3 is 0 Å². The Labute approximate surface area is 125 Å². The maximum absolute atomic E-state index is 6.42. The molecular weight excluding hydrogens is 270 g/mol. The van der Waals surface area contributed by atoms with Gasteiger partial charge in [-0.2, -0.15) is 0 Å². The second kappa shape index (κ2) is 5.05. The molecule has 2 N–H and O–H groups in total. The van der Waals surface area contributed by atoms with Crippen molar-refractivity contribution in [2.45, 2.75) is 51.0 Å². The average molecular weight is 292 g/mol. The van der Waals surface area contributed by atoms with E-state index in [1.807, 2.05) is 18.2 Å². The van der Waals surface area contributed by atoms with Gasteiger partial charge in [-0.25, -0.2) is 4.98 Å². The van der Waals surface area contributed by atoms with Crippen molar-refractivity contribution in [2.24, 2.45) is 5.73 Å². The lowest BCUT2D eigenvalue weighted by atomic mass is 9.85. The Balaban J connectivity index is 2.30. The summed E-state index contributed by atoms with van der Waals surface area (Å²) in [6, 6.07) is 6.29. The first kappa shape index (κ1) is 13.9. The fourth-order valence-electron chi connectivity index (χ4n) is 3.55. The number of nitrogens with zero attached hydrogens (tertiary/aromatic N) is 2. The highest BCUT2D eigenvalue weighted by Gasteiger charge is 2.39. The zero-order valence-electron chi connectivity index (χ0n) is 12.2. The molecule has 1 aliphatic carbocycles. The molecule has 0 saturated heterocycles. The number of fused-ring (bicyclic) bond motifs is 1. The maximum Gasteiger partial charge on any atom is 0.117 e. The number of aromatic nitrogens is 2. The Bertz CT molecular complexity index is 624. The second-order valence-corrected chi connectivity index (χ2v) is 6.61. The molecule has 0 radical (unpaired) electrons. The number of para-hydroxylation sites is 1. The van der Waals surface area contributed by atoms with Gasteiger partial charge in [0, 0.05) is 18.0 Å². The van der Waals surface area contributed by atoms with E-state index in [0.29, 0.717) is 12.6 Å². The molecule has 0 bridgehead atoms. The molecule has 1 fully saturated rings. The highest BCUT2D eigenvalue weighted by atomic mass is 35.5. The molecule has 108 valence electrons. The lowest BCUT2D eigenvalue weighted by Crippen LogP contribution is -2.35. The Hall–Kier alpha value is -1.06. The molecule has 0 aliphatic heterocycles. The molecule has 3 rings (SSSR count). The van der Waals surface area contributed by atoms with Crippen molar-refractivity contribution in [2.75, 3.05) is 6.54 Å². The van der Waals surface area contributed by atoms with Gasteiger partial charge in [0.25, 0.3) is 0 Å². The second-order valence-electron chi connectivity index (χ2n) is 6.20. The van der Waals surface area contributed by atoms with Crippen LogP contribution in [0.3, 0.4) is 0 Å². The summed E-state index contributed by atoms with van der Waals surface area (Å²) < 4.78 is 2.30. The lowest BCUT2D eigenvalue weighted by Gasteiger charge is -2.29. The molecule has 1 aliphatic rings. The molecule has 0 unspecified atom stereocenters. The number of hydrogen-bond donors (Lipinski definition) is 1. The van der Waals surface area contributed by atoms with Gasteiger partial charge in [0.1, 0.15) is 5.82 Å². The molecule has 1 aromatic carbocycles. The van der Waals surface area contributed by atoms with E-state index in [0.717, 1.165) is 34.7 Å². The molecule has 2 aromatic rings. The Kier molecular flexibility index (Phi) is 3.51. The Morgan fingerprint density at radius 1 is 1.35 bits per heavy atom. The summed E-state index contributed by atoms with van der Waals surface area (Å²) in [5.41, 5.74) is 8.22. The van der Waals surface area contributed by atoms with Crippen molar-refractivity contribution >= 4 is 22.6 Å². The topological polar surface area (TPSA) is 43.8 Å². The van der Waals surface area contributed by atoms with Crippen molar-refractivity contribution in [3.8, 4) is 0 Å². The summed E-state index contributed by atoms with van der Waals surface area (Å²) in [6.07, 6.45) is 4.76. The molecular formula is C16H22ClN3. The zero-order chi connectivity index (χ0) is 14.3. The van der Waals surface area contributed by atoms with Crippen molar-refractivity contribution in [1.29, 1.82) is 0 Å². The quantitative estimate of drug-likeness (QED) is 0.927. The predicted octanol–water partition coefficient (Wildman–Crippen LogP) is 4.04. The summed E-state index contributed by atoms with van der Waals surface area (Å²) in [7, 11) is 0. The predicted molar refractivity (Wildman–Crippen MR) is 84.3 cm³/mol. The van der Waals surface area contributed by atoms with Gasteiger partial charge < -0.3 is 10.3 Å². The number of halogens is 1. The fourth-order valence-corrected chi connectivity index (χ4v) is 3.81. The summed E-state index contributed by atoms with van der Waals surface area (Å²) in [5.74, 6) is 1.13. The number of benzene rings is 1. The Morgan fingerprint density at radius 3 is 2.65 bits per heavy atom. The van der Waals surface area contributed by atoms with Crippen LogP contribution in [-0.4, -0.2) is 16.1 Å². The molecule has 0 amide bonds. The van der Waals surface area contributed by atoms with Crippen LogP contribution in [0.4, 0.5) is 0 Å². The molecule has 0 atom stereocenters. The molecule has 1 aromatic heterocycles. The molecule has 4 heteroatoms. The van der Waals surface area contributed by atoms with Gasteiger partial charge in [0.05, 0.1) is 16.1 Å². The molecule has 1 heterocycles. The van der Waals surface area contributed by atoms with Gasteiger partial charge in [0.15, 0.2) is 0 Å². The van der Waals surface area contributed by atoms with Crippen molar-refractivity contribution < 1.29 is 0 Å². The first-order valence-corrected chi connectivity index (χ1v) is 7.84. The highest BCUT2D eigenvalue weighted by Crippen LogP contribution is 2.42. The van der Waals surface area contributed by atoms with Crippen molar-refractivity contribution in [3.63, 3.8) is 0 Å². The highest BCUT2D eigenvalue weighted by molar-refractivity contribution is 6.35. The molecule has 1 saturated carbocycles. The third kappa shape index (κ3) is 1.95. The van der Waals surface area contributed by atoms with Crippen LogP contribution < -0.4 is 5.73 Å². The molecule has 3 nitrogen and oxygen atoms in total. The van der Waals surface area contributed by atoms with Crippen LogP contribution in [0.1, 0.15) is 51.4 Å². The minimum absolute atomic E-state index is 0.0343. The van der Waals surface area contributed by atoms with Crippen LogP contribution >= 0.6 is 11.6 Å². The Morgan fingerprint density at radius 2 is 2.05 bits per heavy atom. The van der Waals surface area contributed by atoms with E-state index in [1.54, 1.807) is 0 Å². The van der Waals surface area contributed by atoms with E-state index in [2.05, 4.69) is 18.4 Å². The van der Waals surface area contributed by atoms with E-state index >= 15 is 0 Å². The monoisotopic (exact) mass is 291 g/mol. The summed E-state index contributed by atoms with van der Waals surface area (Å²) in [4.78, 5) is 4.92. The van der Waals surface area contributed by atoms with E-state index < -0.39 is 0 Å². The standard InChI is InChI=1S/C16H22ClN3/c1-11(2)20-14-12(17)6-5-7-13(14)19-15(20)16(10-18)8-3-4-9-16/h5-7,11H,3-4,8-10,18H2,1-2H3. The summed E-state index contributed by atoms with van der Waals surface area (Å²) in [5, 5.41) is 0.778. The molecule has 0 spiro atoms. The van der Waals surface area contributed by atoms with Crippen LogP contribution in [0.15, 0.2) is 18.2 Å². The minimum atomic E-state index is 0.0343. The minimum Gasteiger partial charge on any atom is -0.329 e. The van der Waals surface area contributed by atoms with Crippen molar-refractivity contribution in [1.82, 2.24) is 9.55 Å². The van der Waals surface area contributed by atoms with Crippen LogP contribution in [0.2, 0.25) is 5.02 Å². The van der Waals surface area contributed by atoms with E-state index in [1.165, 1.54) is 12.8 Å². The normalized spacial score (nSPS) is 18.2. The SMILES string of the molecule is CC(C)n1c(C2(CN)CCCC2)nc2cccc(Cl)c21. The number of rotatable bonds is 3. The summed E-state index contributed by atoms with van der Waals surface area (Å²) in [6.45, 7) is 5.04. The zero-order valence-corrected chi connectivity index (χ0v) is 13.0. The van der Waals surface area contributed by atoms with Gasteiger partial charge in [-0.05, 0) is 38.8 Å². The fraction of sp³-hybridized carbons (Fsp3) is 0.562. The van der Waals surface area contributed by atoms with Crippen LogP contribution in [0, 0.1) is 0 Å². The lowest BCUT2D eigenvalue weighted by molar-refractivity contribution is 0.393. The molecule has 20 heavy (non-hydrogen) atoms. The van der Waals surface area contributed by atoms with Gasteiger partial charge in [0.2, 0.25) is 0 Å². The van der Waals surface area contributed by atoms with E-state index in [9.17, 15) is 0 Å². The third-order valence-electron chi connectivity index (χ3n) is 4.60. The van der Waals surface area contributed by atoms with Gasteiger partial charge in [-0.3, -0.25) is 0 Å². The largest absolute Gasteiger partial charge is 0.329 e. The van der Waals surface area contributed by atoms with Crippen LogP contribution in [0.25, 0.3) is 11.0 Å². The van der Waals surface area contributed by atoms with Crippen LogP contribution in [-0.2, 0) is 5.41 Å². The average Bonchev–Trinajstić information content (AvgIpc) is 3.04. The van der Waals surface area contributed by atoms with Crippen LogP contribution in [0.5, 0.6) is 0 Å². The number of imidazole rings is 1. The number of nitrogens with two attached hydrogens (primary N) is 1. The number of hydrogen-bond acceptors (Lipinski definition) is 2. The third-order valence-corrected chi connectivity index (χ3v) is 4.91. The van der Waals surface area contributed by atoms with E-state index in [4.69, 9.17) is 22.3 Å². The first-order chi connectivity index (χ1) is 9.59. The van der Waals surface area contributed by atoms with Gasteiger partial charge in [-0.15, -0.1) is 0 Å². The van der Waals surface area contributed by atoms with Crippen molar-refractivity contribution in [3.05, 3.63) is 29.0 Å².